The van der Waals surface area contributed by atoms with E-state index < -0.39 is 162 Å². The van der Waals surface area contributed by atoms with Crippen molar-refractivity contribution in [3.63, 3.8) is 0 Å². The van der Waals surface area contributed by atoms with Crippen LogP contribution in [0.25, 0.3) is 0 Å². The van der Waals surface area contributed by atoms with E-state index in [1.165, 1.54) is 64.4 Å². The van der Waals surface area contributed by atoms with Gasteiger partial charge in [-0.2, -0.15) is 11.8 Å². The minimum absolute atomic E-state index is 0.00424. The topological polar surface area (TPSA) is 516 Å². The number of nitrogens with zero attached hydrogens (tertiary/aromatic N) is 4. The number of esters is 1. The van der Waals surface area contributed by atoms with Gasteiger partial charge in [-0.3, -0.25) is 58.4 Å². The summed E-state index contributed by atoms with van der Waals surface area (Å²) in [6.45, 7) is 6.03. The molecule has 16 N–H and O–H groups in total. The molecule has 3 fully saturated rings. The number of allylic oxidation sites excluding steroid dienone is 3. The fourth-order valence-electron chi connectivity index (χ4n) is 12.4. The molecule has 4 aliphatic rings. The molecule has 3 saturated heterocycles. The van der Waals surface area contributed by atoms with E-state index in [4.69, 9.17) is 52.5 Å². The number of phenolic OH excluding ortho intramolecular Hbond substituents is 1. The lowest BCUT2D eigenvalue weighted by atomic mass is 9.83. The number of urea groups is 1. The zero-order valence-corrected chi connectivity index (χ0v) is 62.7. The minimum atomic E-state index is -1.95. The van der Waals surface area contributed by atoms with E-state index in [1.807, 2.05) is 6.92 Å². The van der Waals surface area contributed by atoms with Crippen LogP contribution in [0.1, 0.15) is 116 Å². The normalized spacial score (nSPS) is 22.9. The summed E-state index contributed by atoms with van der Waals surface area (Å²) in [6.07, 6.45) is -0.629. The molecule has 12 amide bonds. The molecule has 0 radical (unpaired) electrons. The predicted octanol–water partition coefficient (Wildman–Crippen LogP) is 0.547. The van der Waals surface area contributed by atoms with Crippen LogP contribution >= 0.6 is 23.4 Å². The van der Waals surface area contributed by atoms with Gasteiger partial charge >= 0.3 is 24.1 Å². The van der Waals surface area contributed by atoms with Gasteiger partial charge in [-0.15, -0.1) is 0 Å². The first kappa shape index (κ1) is 86.1. The largest absolute Gasteiger partial charge is 0.508 e. The van der Waals surface area contributed by atoms with Crippen molar-refractivity contribution in [2.45, 2.75) is 184 Å². The number of ether oxygens (including phenoxy) is 5. The number of hydrogen-bond donors (Lipinski definition) is 13. The first-order valence-corrected chi connectivity index (χ1v) is 36.4. The number of unbranched alkanes of at least 4 members (excludes halogenated alkanes) is 1. The third-order valence-electron chi connectivity index (χ3n) is 18.7. The molecule has 4 heterocycles. The van der Waals surface area contributed by atoms with Crippen molar-refractivity contribution in [2.75, 3.05) is 70.9 Å². The quantitative estimate of drug-likeness (QED) is 0.0112. The standard InChI is InChI=1S/C70H99ClN14O21S/c1-38-14-11-18-51(103-8)70(101)35-50(104-68(100)82-70)39(2)60-69(4,106-60)52(34-58(92)84(6)48-32-42(30-38)33-49(102-7)59(48)71)105-65(98)40(3)83(5)55(89)25-29-107-37-54(88)79-45(17-13-28-77-67(74)99)62(94)80-46(63(95)81-47(64(96)97)31-41-19-21-43(86)22-20-41)15-9-10-26-75-61(93)44(16-12-27-76-66(72)73)78-53(87)36-85-56(90)23-24-57(85)91/h11,14,18-22,32-33,39-40,44-47,50-52,60,86,101H,9-10,12-13,15-17,23-31,34-37H2,1-8H3,(H,75,93)(H,78,87)(H,79,88)(H,80,94)(H,81,95)(H,82,100)(H,96,97)(H4,72,73,76)(H3,74,77,99)/b18-11+,38-14+/t39-,40+,44-,45+,46+,47+,50+,51-,52+,60+,69+,70+/m1/s1. The number of carbonyl (C=O) groups excluding carboxylic acids is 12. The second kappa shape index (κ2) is 40.3. The first-order valence-electron chi connectivity index (χ1n) is 34.9. The van der Waals surface area contributed by atoms with Crippen LogP contribution < -0.4 is 64.1 Å². The van der Waals surface area contributed by atoms with Crippen molar-refractivity contribution < 1.29 is 101 Å². The van der Waals surface area contributed by atoms with Gasteiger partial charge in [-0.05, 0) is 108 Å². The Morgan fingerprint density at radius 1 is 0.850 bits per heavy atom. The van der Waals surface area contributed by atoms with E-state index in [1.54, 1.807) is 44.2 Å². The number of carboxylic acids is 1. The number of aromatic hydroxyl groups is 1. The SMILES string of the molecule is COc1cc2cc(c1Cl)N(C)C(=O)C[C@H](OC(=O)[C@H](C)N(C)C(=O)CCSCC(=O)N[C@@H](CCCNC(N)=O)C(=O)N[C@@H](CCCCNC(=O)[C@@H](CCCN=C(N)N)NC(=O)CN1C(=O)CCC1=O)C(=O)N[C@@H](Cc1ccc(O)cc1)C(=O)O)[C@]1(C)O[C@H]1[C@H](C)[C@@H]1C[C@@](O)(NC(=O)O1)[C@H](OC)/C=C/C=C(\C)C2. The Morgan fingerprint density at radius 2 is 1.48 bits per heavy atom. The number of imide groups is 1. The molecule has 107 heavy (non-hydrogen) atoms. The number of methoxy groups -OCH3 is 2. The van der Waals surface area contributed by atoms with E-state index in [9.17, 15) is 77.6 Å². The van der Waals surface area contributed by atoms with Crippen LogP contribution in [-0.4, -0.2) is 240 Å². The van der Waals surface area contributed by atoms with Gasteiger partial charge in [0.15, 0.2) is 11.7 Å². The Morgan fingerprint density at radius 3 is 2.12 bits per heavy atom. The number of amides is 12. The summed E-state index contributed by atoms with van der Waals surface area (Å²) >= 11 is 7.84. The van der Waals surface area contributed by atoms with Crippen molar-refractivity contribution in [2.24, 2.45) is 28.1 Å². The summed E-state index contributed by atoms with van der Waals surface area (Å²) in [6, 6.07) is 1.29. The number of aliphatic imine (C=N–C) groups is 1. The van der Waals surface area contributed by atoms with E-state index in [-0.39, 0.29) is 136 Å². The zero-order valence-electron chi connectivity index (χ0n) is 61.1. The monoisotopic (exact) mass is 1540 g/mol. The Labute approximate surface area is 628 Å². The van der Waals surface area contributed by atoms with E-state index >= 15 is 0 Å². The number of likely N-dealkylation sites (N-methyl/N-ethyl adjacent to an activating group) is 1. The number of primary amides is 1. The van der Waals surface area contributed by atoms with Crippen molar-refractivity contribution in [3.05, 3.63) is 76.3 Å². The number of thioether (sulfide) groups is 1. The number of carbonyl (C=O) groups is 13. The molecule has 0 aromatic heterocycles. The van der Waals surface area contributed by atoms with Crippen LogP contribution in [0.2, 0.25) is 5.02 Å². The molecule has 2 aromatic rings. The fraction of sp³-hybridized carbons (Fsp3) is 0.571. The number of phenols is 1. The second-order valence-electron chi connectivity index (χ2n) is 26.8. The number of aliphatic carboxylic acids is 1. The average Bonchev–Trinajstić information content (AvgIpc) is 1.57. The molecule has 0 aliphatic carbocycles. The molecule has 588 valence electrons. The number of hydrogen-bond acceptors (Lipinski definition) is 22. The minimum Gasteiger partial charge on any atom is -0.508 e. The number of anilines is 1. The maximum absolute atomic E-state index is 14.5. The number of benzene rings is 2. The summed E-state index contributed by atoms with van der Waals surface area (Å²) in [7, 11) is 5.67. The molecule has 2 aromatic carbocycles. The van der Waals surface area contributed by atoms with Crippen LogP contribution in [0, 0.1) is 5.92 Å². The van der Waals surface area contributed by atoms with Gasteiger partial charge in [0.25, 0.3) is 0 Å². The van der Waals surface area contributed by atoms with Gasteiger partial charge in [0.05, 0.1) is 31.1 Å². The number of epoxide rings is 1. The molecule has 4 bridgehead atoms. The number of nitrogens with two attached hydrogens (primary N) is 3. The van der Waals surface area contributed by atoms with Crippen molar-refractivity contribution >= 4 is 112 Å². The number of fused-ring (bicyclic) bond motifs is 5. The summed E-state index contributed by atoms with van der Waals surface area (Å²) < 4.78 is 29.5. The van der Waals surface area contributed by atoms with Gasteiger partial charge in [-0.25, -0.2) is 19.2 Å². The lowest BCUT2D eigenvalue weighted by molar-refractivity contribution is -0.162. The number of nitrogens with one attached hydrogen (secondary N) is 7. The maximum Gasteiger partial charge on any atom is 0.409 e. The molecule has 6 rings (SSSR count). The molecule has 0 saturated carbocycles. The van der Waals surface area contributed by atoms with Crippen LogP contribution in [0.4, 0.5) is 15.3 Å². The molecule has 37 heteroatoms. The van der Waals surface area contributed by atoms with Crippen LogP contribution in [0.5, 0.6) is 11.5 Å². The van der Waals surface area contributed by atoms with Crippen molar-refractivity contribution in [1.82, 2.24) is 47.0 Å². The number of aliphatic hydroxyl groups is 1. The van der Waals surface area contributed by atoms with Crippen LogP contribution in [-0.2, 0) is 84.5 Å². The molecule has 12 atom stereocenters. The molecule has 0 spiro atoms. The lowest BCUT2D eigenvalue weighted by Gasteiger charge is -2.42. The number of alkyl carbamates (subject to hydrolysis) is 1. The Hall–Kier alpha value is -9.78. The van der Waals surface area contributed by atoms with Gasteiger partial charge < -0.3 is 97.9 Å². The summed E-state index contributed by atoms with van der Waals surface area (Å²) in [5.41, 5.74) is 15.1. The molecular formula is C70H99ClN14O21S. The molecule has 35 nitrogen and oxygen atoms in total. The number of rotatable bonds is 35. The summed E-state index contributed by atoms with van der Waals surface area (Å²) in [5.74, 6) is -9.56. The number of carboxylic acid groups (broad SMARTS) is 1. The maximum atomic E-state index is 14.5. The Balaban J connectivity index is 1.12. The van der Waals surface area contributed by atoms with Gasteiger partial charge in [0.1, 0.15) is 77.2 Å². The van der Waals surface area contributed by atoms with Gasteiger partial charge in [0.2, 0.25) is 53.2 Å². The van der Waals surface area contributed by atoms with E-state index in [0.29, 0.717) is 17.5 Å². The van der Waals surface area contributed by atoms with Crippen LogP contribution in [0.3, 0.4) is 0 Å². The Bertz CT molecular complexity index is 3660. The highest BCUT2D eigenvalue weighted by molar-refractivity contribution is 7.99. The van der Waals surface area contributed by atoms with Crippen molar-refractivity contribution in [3.8, 4) is 11.5 Å². The van der Waals surface area contributed by atoms with E-state index in [0.717, 1.165) is 27.1 Å². The predicted molar refractivity (Wildman–Crippen MR) is 390 cm³/mol. The summed E-state index contributed by atoms with van der Waals surface area (Å²) in [4.78, 5) is 181. The van der Waals surface area contributed by atoms with Gasteiger partial charge in [0, 0.05) is 84.6 Å². The fourth-order valence-corrected chi connectivity index (χ4v) is 13.4. The van der Waals surface area contributed by atoms with E-state index in [2.05, 4.69) is 42.2 Å². The second-order valence-corrected chi connectivity index (χ2v) is 28.3. The highest BCUT2D eigenvalue weighted by Crippen LogP contribution is 2.49. The van der Waals surface area contributed by atoms with Crippen molar-refractivity contribution in [1.29, 1.82) is 0 Å². The molecule has 0 unspecified atom stereocenters. The lowest BCUT2D eigenvalue weighted by Crippen LogP contribution is -2.63. The third kappa shape index (κ3) is 25.4. The third-order valence-corrected chi connectivity index (χ3v) is 20.1. The number of halogens is 1. The number of likely N-dealkylation sites (tertiary alicyclic amines) is 1. The van der Waals surface area contributed by atoms with Gasteiger partial charge in [-0.1, -0.05) is 54.5 Å². The first-order chi connectivity index (χ1) is 50.6. The highest BCUT2D eigenvalue weighted by Gasteiger charge is 2.64. The van der Waals surface area contributed by atoms with Crippen LogP contribution in [0.15, 0.2) is 65.2 Å². The average molecular weight is 1540 g/mol. The molecular weight excluding hydrogens is 1440 g/mol. The zero-order chi connectivity index (χ0) is 79.0. The summed E-state index contributed by atoms with van der Waals surface area (Å²) in [5, 5.41) is 50.0. The smallest absolute Gasteiger partial charge is 0.409 e. The number of guanidine groups is 1. The highest BCUT2D eigenvalue weighted by atomic mass is 35.5. The Kier molecular flexibility index (Phi) is 32.4. The molecule has 4 aliphatic heterocycles.